The molecular weight excluding hydrogens is 300 g/mol. The third kappa shape index (κ3) is 3.67. The van der Waals surface area contributed by atoms with Gasteiger partial charge in [0.05, 0.1) is 17.5 Å². The molecule has 1 atom stereocenters. The van der Waals surface area contributed by atoms with Crippen LogP contribution in [0.15, 0.2) is 30.5 Å². The second kappa shape index (κ2) is 7.18. The van der Waals surface area contributed by atoms with Crippen molar-refractivity contribution in [1.82, 2.24) is 20.4 Å². The Morgan fingerprint density at radius 1 is 1.46 bits per heavy atom. The molecule has 1 aliphatic rings. The molecule has 1 fully saturated rings. The van der Waals surface area contributed by atoms with E-state index >= 15 is 0 Å². The second-order valence-corrected chi connectivity index (χ2v) is 6.98. The van der Waals surface area contributed by atoms with E-state index < -0.39 is 0 Å². The summed E-state index contributed by atoms with van der Waals surface area (Å²) in [6, 6.07) is 8.66. The van der Waals surface area contributed by atoms with Crippen molar-refractivity contribution in [3.05, 3.63) is 41.6 Å². The van der Waals surface area contributed by atoms with Crippen LogP contribution in [0.25, 0.3) is 11.3 Å². The number of nitrogens with one attached hydrogen (secondary N) is 2. The number of aryl methyl sites for hydroxylation is 1. The van der Waals surface area contributed by atoms with E-state index in [-0.39, 0.29) is 5.91 Å². The van der Waals surface area contributed by atoms with E-state index in [4.69, 9.17) is 0 Å². The van der Waals surface area contributed by atoms with Crippen molar-refractivity contribution < 1.29 is 4.79 Å². The zero-order valence-corrected chi connectivity index (χ0v) is 14.7. The van der Waals surface area contributed by atoms with E-state index in [1.807, 2.05) is 25.1 Å². The van der Waals surface area contributed by atoms with Gasteiger partial charge in [-0.25, -0.2) is 0 Å². The molecule has 1 aromatic carbocycles. The highest BCUT2D eigenvalue weighted by atomic mass is 16.1. The summed E-state index contributed by atoms with van der Waals surface area (Å²) in [6.07, 6.45) is 2.76. The van der Waals surface area contributed by atoms with Gasteiger partial charge in [0.1, 0.15) is 0 Å². The van der Waals surface area contributed by atoms with Gasteiger partial charge in [0.15, 0.2) is 0 Å². The molecule has 0 aliphatic carbocycles. The normalized spacial score (nSPS) is 18.2. The van der Waals surface area contributed by atoms with Gasteiger partial charge in [-0.15, -0.1) is 0 Å². The van der Waals surface area contributed by atoms with Gasteiger partial charge >= 0.3 is 0 Å². The molecule has 0 saturated carbocycles. The van der Waals surface area contributed by atoms with E-state index in [1.165, 1.54) is 0 Å². The Balaban J connectivity index is 1.64. The molecule has 5 heteroatoms. The fourth-order valence-electron chi connectivity index (χ4n) is 3.31. The van der Waals surface area contributed by atoms with E-state index in [9.17, 15) is 4.79 Å². The lowest BCUT2D eigenvalue weighted by Gasteiger charge is -2.20. The standard InChI is InChI=1S/C19H26N4O/c1-13(2)23-8-7-15(12-23)10-20-19(24)17-11-21-22-18(17)16-6-4-5-14(3)9-16/h4-6,9,11,13,15H,7-8,10,12H2,1-3H3,(H,20,24)(H,21,22)/t15-/m1/s1. The first-order valence-corrected chi connectivity index (χ1v) is 8.67. The lowest BCUT2D eigenvalue weighted by molar-refractivity contribution is 0.0948. The summed E-state index contributed by atoms with van der Waals surface area (Å²) in [5.41, 5.74) is 3.54. The number of hydrogen-bond donors (Lipinski definition) is 2. The van der Waals surface area contributed by atoms with Gasteiger partial charge in [-0.1, -0.05) is 23.8 Å². The Bertz CT molecular complexity index is 707. The highest BCUT2D eigenvalue weighted by Crippen LogP contribution is 2.22. The first kappa shape index (κ1) is 16.7. The zero-order chi connectivity index (χ0) is 17.1. The van der Waals surface area contributed by atoms with Crippen molar-refractivity contribution >= 4 is 5.91 Å². The summed E-state index contributed by atoms with van der Waals surface area (Å²) in [5, 5.41) is 10.1. The molecule has 3 rings (SSSR count). The third-order valence-electron chi connectivity index (χ3n) is 4.79. The maximum Gasteiger partial charge on any atom is 0.255 e. The second-order valence-electron chi connectivity index (χ2n) is 6.98. The smallest absolute Gasteiger partial charge is 0.255 e. The number of likely N-dealkylation sites (tertiary alicyclic amines) is 1. The number of aromatic amines is 1. The van der Waals surface area contributed by atoms with Gasteiger partial charge in [0.2, 0.25) is 0 Å². The Morgan fingerprint density at radius 3 is 3.00 bits per heavy atom. The molecule has 5 nitrogen and oxygen atoms in total. The van der Waals surface area contributed by atoms with Crippen LogP contribution in [0.4, 0.5) is 0 Å². The lowest BCUT2D eigenvalue weighted by atomic mass is 10.0. The Morgan fingerprint density at radius 2 is 2.29 bits per heavy atom. The lowest BCUT2D eigenvalue weighted by Crippen LogP contribution is -2.33. The third-order valence-corrected chi connectivity index (χ3v) is 4.79. The average Bonchev–Trinajstić information content (AvgIpc) is 3.22. The highest BCUT2D eigenvalue weighted by molar-refractivity contribution is 5.99. The maximum absolute atomic E-state index is 12.6. The van der Waals surface area contributed by atoms with Crippen LogP contribution in [0.1, 0.15) is 36.2 Å². The predicted molar refractivity (Wildman–Crippen MR) is 95.9 cm³/mol. The summed E-state index contributed by atoms with van der Waals surface area (Å²) in [6.45, 7) is 9.40. The van der Waals surface area contributed by atoms with Gasteiger partial charge in [-0.3, -0.25) is 9.89 Å². The van der Waals surface area contributed by atoms with E-state index in [1.54, 1.807) is 6.20 Å². The molecule has 2 aromatic rings. The van der Waals surface area contributed by atoms with Gasteiger partial charge < -0.3 is 10.2 Å². The van der Waals surface area contributed by atoms with Gasteiger partial charge in [-0.05, 0) is 45.7 Å². The number of rotatable bonds is 5. The van der Waals surface area contributed by atoms with Crippen molar-refractivity contribution in [2.75, 3.05) is 19.6 Å². The summed E-state index contributed by atoms with van der Waals surface area (Å²) in [5.74, 6) is 0.480. The molecule has 0 spiro atoms. The number of carbonyl (C=O) groups is 1. The quantitative estimate of drug-likeness (QED) is 0.888. The molecule has 2 N–H and O–H groups in total. The number of aromatic nitrogens is 2. The topological polar surface area (TPSA) is 61.0 Å². The van der Waals surface area contributed by atoms with Crippen molar-refractivity contribution in [3.8, 4) is 11.3 Å². The summed E-state index contributed by atoms with van der Waals surface area (Å²) in [4.78, 5) is 15.0. The molecule has 2 heterocycles. The fourth-order valence-corrected chi connectivity index (χ4v) is 3.31. The first-order valence-electron chi connectivity index (χ1n) is 8.67. The fraction of sp³-hybridized carbons (Fsp3) is 0.474. The molecule has 1 aliphatic heterocycles. The van der Waals surface area contributed by atoms with Gasteiger partial charge in [0, 0.05) is 24.7 Å². The first-order chi connectivity index (χ1) is 11.5. The largest absolute Gasteiger partial charge is 0.352 e. The molecule has 0 bridgehead atoms. The van der Waals surface area contributed by atoms with E-state index in [0.717, 1.165) is 42.9 Å². The Kier molecular flexibility index (Phi) is 5.00. The van der Waals surface area contributed by atoms with Crippen LogP contribution in [0, 0.1) is 12.8 Å². The number of H-pyrrole nitrogens is 1. The number of amides is 1. The molecule has 1 aromatic heterocycles. The Labute approximate surface area is 143 Å². The molecular formula is C19H26N4O. The van der Waals surface area contributed by atoms with E-state index in [0.29, 0.717) is 17.5 Å². The van der Waals surface area contributed by atoms with E-state index in [2.05, 4.69) is 40.3 Å². The van der Waals surface area contributed by atoms with Crippen LogP contribution in [0.2, 0.25) is 0 Å². The molecule has 24 heavy (non-hydrogen) atoms. The van der Waals surface area contributed by atoms with Crippen LogP contribution >= 0.6 is 0 Å². The van der Waals surface area contributed by atoms with Crippen molar-refractivity contribution in [1.29, 1.82) is 0 Å². The number of carbonyl (C=O) groups excluding carboxylic acids is 1. The Hall–Kier alpha value is -2.14. The summed E-state index contributed by atoms with van der Waals surface area (Å²) < 4.78 is 0. The molecule has 0 unspecified atom stereocenters. The van der Waals surface area contributed by atoms with Crippen molar-refractivity contribution in [2.24, 2.45) is 5.92 Å². The van der Waals surface area contributed by atoms with Gasteiger partial charge in [-0.2, -0.15) is 5.10 Å². The van der Waals surface area contributed by atoms with Crippen LogP contribution in [-0.4, -0.2) is 46.7 Å². The average molecular weight is 326 g/mol. The van der Waals surface area contributed by atoms with Crippen LogP contribution < -0.4 is 5.32 Å². The van der Waals surface area contributed by atoms with Crippen LogP contribution in [0.5, 0.6) is 0 Å². The SMILES string of the molecule is Cc1cccc(-c2[nH]ncc2C(=O)NC[C@H]2CCN(C(C)C)C2)c1. The summed E-state index contributed by atoms with van der Waals surface area (Å²) >= 11 is 0. The summed E-state index contributed by atoms with van der Waals surface area (Å²) in [7, 11) is 0. The van der Waals surface area contributed by atoms with Gasteiger partial charge in [0.25, 0.3) is 5.91 Å². The highest BCUT2D eigenvalue weighted by Gasteiger charge is 2.25. The van der Waals surface area contributed by atoms with Crippen LogP contribution in [-0.2, 0) is 0 Å². The van der Waals surface area contributed by atoms with Crippen molar-refractivity contribution in [2.45, 2.75) is 33.2 Å². The van der Waals surface area contributed by atoms with Crippen molar-refractivity contribution in [3.63, 3.8) is 0 Å². The minimum atomic E-state index is -0.0525. The number of benzene rings is 1. The molecule has 1 saturated heterocycles. The number of hydrogen-bond acceptors (Lipinski definition) is 3. The zero-order valence-electron chi connectivity index (χ0n) is 14.7. The predicted octanol–water partition coefficient (Wildman–Crippen LogP) is 2.85. The van der Waals surface area contributed by atoms with Crippen LogP contribution in [0.3, 0.4) is 0 Å². The molecule has 128 valence electrons. The molecule has 1 amide bonds. The minimum absolute atomic E-state index is 0.0525. The monoisotopic (exact) mass is 326 g/mol. The molecule has 0 radical (unpaired) electrons. The number of nitrogens with zero attached hydrogens (tertiary/aromatic N) is 2. The maximum atomic E-state index is 12.6. The minimum Gasteiger partial charge on any atom is -0.352 e.